The smallest absolute Gasteiger partial charge is 0.224 e. The molecular formula is C16H22N2OS. The topological polar surface area (TPSA) is 41.1 Å². The number of nitrogens with one attached hydrogen (secondary N) is 2. The molecule has 0 bridgehead atoms. The third-order valence-electron chi connectivity index (χ3n) is 4.23. The lowest BCUT2D eigenvalue weighted by molar-refractivity contribution is -0.117. The first-order valence-electron chi connectivity index (χ1n) is 7.52. The van der Waals surface area contributed by atoms with Crippen LogP contribution in [0.15, 0.2) is 18.2 Å². The molecule has 1 fully saturated rings. The van der Waals surface area contributed by atoms with Gasteiger partial charge in [-0.1, -0.05) is 12.1 Å². The van der Waals surface area contributed by atoms with E-state index in [4.69, 9.17) is 0 Å². The van der Waals surface area contributed by atoms with Crippen molar-refractivity contribution in [2.24, 2.45) is 5.92 Å². The Morgan fingerprint density at radius 1 is 1.35 bits per heavy atom. The van der Waals surface area contributed by atoms with E-state index >= 15 is 0 Å². The largest absolute Gasteiger partial charge is 0.326 e. The molecule has 0 atom stereocenters. The van der Waals surface area contributed by atoms with E-state index in [9.17, 15) is 4.79 Å². The van der Waals surface area contributed by atoms with Crippen LogP contribution < -0.4 is 10.6 Å². The van der Waals surface area contributed by atoms with E-state index in [1.165, 1.54) is 35.5 Å². The highest BCUT2D eigenvalue weighted by molar-refractivity contribution is 7.99. The number of hydrogen-bond acceptors (Lipinski definition) is 3. The number of thioether (sulfide) groups is 1. The van der Waals surface area contributed by atoms with Gasteiger partial charge in [0, 0.05) is 18.7 Å². The van der Waals surface area contributed by atoms with Crippen LogP contribution >= 0.6 is 11.8 Å². The number of rotatable bonds is 3. The van der Waals surface area contributed by atoms with Gasteiger partial charge in [-0.2, -0.15) is 11.8 Å². The van der Waals surface area contributed by atoms with Crippen molar-refractivity contribution in [3.05, 3.63) is 29.3 Å². The summed E-state index contributed by atoms with van der Waals surface area (Å²) >= 11 is 2.01. The molecule has 0 aliphatic carbocycles. The van der Waals surface area contributed by atoms with E-state index in [0.29, 0.717) is 12.3 Å². The van der Waals surface area contributed by atoms with Gasteiger partial charge in [0.15, 0.2) is 0 Å². The van der Waals surface area contributed by atoms with Gasteiger partial charge in [-0.25, -0.2) is 0 Å². The molecule has 2 aliphatic heterocycles. The number of hydrogen-bond donors (Lipinski definition) is 2. The summed E-state index contributed by atoms with van der Waals surface area (Å²) in [7, 11) is 0. The Hall–Kier alpha value is -1.00. The molecule has 20 heavy (non-hydrogen) atoms. The number of carbonyl (C=O) groups is 1. The average Bonchev–Trinajstić information content (AvgIpc) is 2.48. The number of benzene rings is 1. The van der Waals surface area contributed by atoms with Gasteiger partial charge in [0.25, 0.3) is 0 Å². The summed E-state index contributed by atoms with van der Waals surface area (Å²) in [5, 5.41) is 6.52. The van der Waals surface area contributed by atoms with E-state index in [1.807, 2.05) is 23.9 Å². The Balaban J connectivity index is 1.63. The second-order valence-electron chi connectivity index (χ2n) is 5.68. The van der Waals surface area contributed by atoms with E-state index in [2.05, 4.69) is 16.7 Å². The van der Waals surface area contributed by atoms with Crippen molar-refractivity contribution >= 4 is 23.4 Å². The minimum Gasteiger partial charge on any atom is -0.326 e. The van der Waals surface area contributed by atoms with Crippen LogP contribution in [0.4, 0.5) is 5.69 Å². The zero-order valence-electron chi connectivity index (χ0n) is 11.8. The lowest BCUT2D eigenvalue weighted by Crippen LogP contribution is -2.26. The number of amides is 1. The van der Waals surface area contributed by atoms with Gasteiger partial charge in [-0.15, -0.1) is 0 Å². The third-order valence-corrected chi connectivity index (χ3v) is 5.28. The highest BCUT2D eigenvalue weighted by atomic mass is 32.2. The Kier molecular flexibility index (Phi) is 4.63. The van der Waals surface area contributed by atoms with Crippen molar-refractivity contribution < 1.29 is 4.79 Å². The summed E-state index contributed by atoms with van der Waals surface area (Å²) in [5.41, 5.74) is 3.67. The van der Waals surface area contributed by atoms with Crippen LogP contribution in [-0.2, 0) is 17.8 Å². The zero-order valence-corrected chi connectivity index (χ0v) is 12.6. The molecule has 0 saturated carbocycles. The molecule has 1 aromatic rings. The molecule has 4 heteroatoms. The molecule has 3 nitrogen and oxygen atoms in total. The number of carbonyl (C=O) groups excluding carboxylic acids is 1. The maximum atomic E-state index is 12.2. The van der Waals surface area contributed by atoms with Crippen LogP contribution in [0.2, 0.25) is 0 Å². The lowest BCUT2D eigenvalue weighted by atomic mass is 9.97. The van der Waals surface area contributed by atoms with Crippen molar-refractivity contribution in [1.82, 2.24) is 5.32 Å². The molecule has 3 rings (SSSR count). The van der Waals surface area contributed by atoms with Gasteiger partial charge in [0.05, 0.1) is 0 Å². The molecule has 108 valence electrons. The molecule has 0 radical (unpaired) electrons. The number of fused-ring (bicyclic) bond motifs is 1. The maximum Gasteiger partial charge on any atom is 0.224 e. The van der Waals surface area contributed by atoms with Gasteiger partial charge in [0.1, 0.15) is 0 Å². The fourth-order valence-electron chi connectivity index (χ4n) is 3.06. The van der Waals surface area contributed by atoms with Crippen LogP contribution in [-0.4, -0.2) is 24.0 Å². The fraction of sp³-hybridized carbons (Fsp3) is 0.562. The van der Waals surface area contributed by atoms with Crippen molar-refractivity contribution in [1.29, 1.82) is 0 Å². The molecular weight excluding hydrogens is 268 g/mol. The van der Waals surface area contributed by atoms with Crippen molar-refractivity contribution in [2.75, 3.05) is 23.4 Å². The summed E-state index contributed by atoms with van der Waals surface area (Å²) in [6.45, 7) is 1.92. The molecule has 1 amide bonds. The normalized spacial score (nSPS) is 19.4. The first-order chi connectivity index (χ1) is 9.83. The monoisotopic (exact) mass is 290 g/mol. The molecule has 2 aliphatic rings. The van der Waals surface area contributed by atoms with Gasteiger partial charge < -0.3 is 10.6 Å². The Labute approximate surface area is 124 Å². The standard InChI is InChI=1S/C16H22N2OS/c19-16(10-12-5-8-20-9-6-12)18-15-3-1-2-13-11-17-7-4-14(13)15/h1-3,12,17H,4-11H2,(H,18,19). The second kappa shape index (κ2) is 6.64. The fourth-order valence-corrected chi connectivity index (χ4v) is 4.27. The predicted molar refractivity (Wildman–Crippen MR) is 85.1 cm³/mol. The highest BCUT2D eigenvalue weighted by Gasteiger charge is 2.19. The van der Waals surface area contributed by atoms with Gasteiger partial charge in [0.2, 0.25) is 5.91 Å². The minimum absolute atomic E-state index is 0.189. The van der Waals surface area contributed by atoms with Crippen LogP contribution in [0.25, 0.3) is 0 Å². The van der Waals surface area contributed by atoms with Crippen molar-refractivity contribution in [2.45, 2.75) is 32.2 Å². The SMILES string of the molecule is O=C(CC1CCSCC1)Nc1cccc2c1CCNC2. The summed E-state index contributed by atoms with van der Waals surface area (Å²) in [5.74, 6) is 3.20. The summed E-state index contributed by atoms with van der Waals surface area (Å²) in [6.07, 6.45) is 4.07. The Bertz CT molecular complexity index is 483. The molecule has 1 aromatic carbocycles. The quantitative estimate of drug-likeness (QED) is 0.899. The second-order valence-corrected chi connectivity index (χ2v) is 6.90. The highest BCUT2D eigenvalue weighted by Crippen LogP contribution is 2.27. The first-order valence-corrected chi connectivity index (χ1v) is 8.67. The molecule has 1 saturated heterocycles. The number of anilines is 1. The predicted octanol–water partition coefficient (Wildman–Crippen LogP) is 2.80. The van der Waals surface area contributed by atoms with E-state index in [-0.39, 0.29) is 5.91 Å². The molecule has 0 spiro atoms. The summed E-state index contributed by atoms with van der Waals surface area (Å²) < 4.78 is 0. The molecule has 2 heterocycles. The van der Waals surface area contributed by atoms with Gasteiger partial charge in [-0.05, 0) is 60.4 Å². The first kappa shape index (κ1) is 14.0. The van der Waals surface area contributed by atoms with Gasteiger partial charge >= 0.3 is 0 Å². The maximum absolute atomic E-state index is 12.2. The molecule has 0 aromatic heterocycles. The zero-order chi connectivity index (χ0) is 13.8. The van der Waals surface area contributed by atoms with E-state index in [0.717, 1.165) is 25.2 Å². The van der Waals surface area contributed by atoms with Crippen molar-refractivity contribution in [3.8, 4) is 0 Å². The van der Waals surface area contributed by atoms with Crippen LogP contribution in [0.3, 0.4) is 0 Å². The Morgan fingerprint density at radius 3 is 3.05 bits per heavy atom. The summed E-state index contributed by atoms with van der Waals surface area (Å²) in [4.78, 5) is 12.2. The van der Waals surface area contributed by atoms with Crippen LogP contribution in [0.1, 0.15) is 30.4 Å². The van der Waals surface area contributed by atoms with Crippen molar-refractivity contribution in [3.63, 3.8) is 0 Å². The third kappa shape index (κ3) is 3.36. The van der Waals surface area contributed by atoms with Crippen LogP contribution in [0, 0.1) is 5.92 Å². The molecule has 0 unspecified atom stereocenters. The van der Waals surface area contributed by atoms with Gasteiger partial charge in [-0.3, -0.25) is 4.79 Å². The average molecular weight is 290 g/mol. The lowest BCUT2D eigenvalue weighted by Gasteiger charge is -2.23. The minimum atomic E-state index is 0.189. The van der Waals surface area contributed by atoms with E-state index < -0.39 is 0 Å². The summed E-state index contributed by atoms with van der Waals surface area (Å²) in [6, 6.07) is 6.23. The Morgan fingerprint density at radius 2 is 2.20 bits per heavy atom. The molecule has 2 N–H and O–H groups in total. The van der Waals surface area contributed by atoms with Crippen LogP contribution in [0.5, 0.6) is 0 Å². The van der Waals surface area contributed by atoms with E-state index in [1.54, 1.807) is 0 Å².